The fraction of sp³-hybridized carbons (Fsp3) is 0.929. The lowest BCUT2D eigenvalue weighted by atomic mass is 9.69. The third-order valence-corrected chi connectivity index (χ3v) is 7.08. The molecule has 4 atom stereocenters. The molecule has 3 fully saturated rings. The second-order valence-electron chi connectivity index (χ2n) is 6.94. The van der Waals surface area contributed by atoms with Gasteiger partial charge in [0.25, 0.3) is 0 Å². The molecule has 3 aliphatic rings. The van der Waals surface area contributed by atoms with Crippen molar-refractivity contribution in [3.63, 3.8) is 0 Å². The molecule has 1 heterocycles. The summed E-state index contributed by atoms with van der Waals surface area (Å²) in [6, 6.07) is 0.409. The molecule has 3 nitrogen and oxygen atoms in total. The average Bonchev–Trinajstić information content (AvgIpc) is 2.95. The Balaban J connectivity index is 1.70. The summed E-state index contributed by atoms with van der Waals surface area (Å²) in [4.78, 5) is 12.2. The van der Waals surface area contributed by atoms with Crippen molar-refractivity contribution in [2.24, 2.45) is 16.7 Å². The first kappa shape index (κ1) is 12.8. The number of hydrogen-bond acceptors (Lipinski definition) is 3. The Morgan fingerprint density at radius 2 is 2.17 bits per heavy atom. The molecule has 2 N–H and O–H groups in total. The van der Waals surface area contributed by atoms with Gasteiger partial charge in [-0.15, -0.1) is 11.8 Å². The predicted octanol–water partition coefficient (Wildman–Crippen LogP) is 1.98. The normalized spacial score (nSPS) is 45.4. The summed E-state index contributed by atoms with van der Waals surface area (Å²) < 4.78 is 0. The van der Waals surface area contributed by atoms with Crippen molar-refractivity contribution in [1.29, 1.82) is 0 Å². The summed E-state index contributed by atoms with van der Waals surface area (Å²) in [5, 5.41) is 6.59. The molecule has 1 saturated heterocycles. The second-order valence-corrected chi connectivity index (χ2v) is 7.97. The van der Waals surface area contributed by atoms with Crippen LogP contribution in [-0.4, -0.2) is 29.6 Å². The van der Waals surface area contributed by atoms with Crippen molar-refractivity contribution in [3.8, 4) is 0 Å². The van der Waals surface area contributed by atoms with Crippen molar-refractivity contribution in [2.75, 3.05) is 11.6 Å². The van der Waals surface area contributed by atoms with Crippen LogP contribution in [0.2, 0.25) is 0 Å². The second kappa shape index (κ2) is 4.14. The van der Waals surface area contributed by atoms with E-state index in [0.717, 1.165) is 17.5 Å². The van der Waals surface area contributed by atoms with Crippen LogP contribution >= 0.6 is 11.8 Å². The average molecular weight is 268 g/mol. The van der Waals surface area contributed by atoms with E-state index in [2.05, 4.69) is 31.4 Å². The number of carbonyl (C=O) groups is 1. The Morgan fingerprint density at radius 1 is 1.39 bits per heavy atom. The Bertz CT molecular complexity index is 365. The third-order valence-electron chi connectivity index (χ3n) is 6.14. The molecule has 4 heteroatoms. The smallest absolute Gasteiger partial charge is 0.238 e. The molecule has 2 saturated carbocycles. The van der Waals surface area contributed by atoms with Crippen LogP contribution in [0, 0.1) is 16.7 Å². The van der Waals surface area contributed by atoms with Crippen LogP contribution < -0.4 is 10.6 Å². The van der Waals surface area contributed by atoms with Gasteiger partial charge in [0.1, 0.15) is 0 Å². The minimum Gasteiger partial charge on any atom is -0.351 e. The molecule has 18 heavy (non-hydrogen) atoms. The zero-order valence-corrected chi connectivity index (χ0v) is 12.4. The Labute approximate surface area is 114 Å². The van der Waals surface area contributed by atoms with Crippen molar-refractivity contribution in [1.82, 2.24) is 10.6 Å². The van der Waals surface area contributed by atoms with Crippen LogP contribution in [0.1, 0.15) is 40.0 Å². The molecule has 0 aromatic carbocycles. The number of fused-ring (bicyclic) bond motifs is 2. The molecule has 0 spiro atoms. The monoisotopic (exact) mass is 268 g/mol. The topological polar surface area (TPSA) is 41.1 Å². The molecule has 102 valence electrons. The van der Waals surface area contributed by atoms with Gasteiger partial charge in [-0.3, -0.25) is 10.1 Å². The van der Waals surface area contributed by atoms with E-state index in [1.807, 2.05) is 11.8 Å². The largest absolute Gasteiger partial charge is 0.351 e. The van der Waals surface area contributed by atoms with E-state index in [1.54, 1.807) is 0 Å². The van der Waals surface area contributed by atoms with Gasteiger partial charge < -0.3 is 5.32 Å². The Hall–Kier alpha value is -0.220. The van der Waals surface area contributed by atoms with Crippen molar-refractivity contribution in [3.05, 3.63) is 0 Å². The molecule has 2 aliphatic carbocycles. The highest BCUT2D eigenvalue weighted by Gasteiger charge is 2.61. The van der Waals surface area contributed by atoms with Crippen LogP contribution in [0.15, 0.2) is 0 Å². The van der Waals surface area contributed by atoms with Gasteiger partial charge in [0, 0.05) is 17.7 Å². The van der Waals surface area contributed by atoms with Gasteiger partial charge in [-0.1, -0.05) is 20.8 Å². The minimum atomic E-state index is 0.0286. The maximum atomic E-state index is 12.2. The first-order chi connectivity index (χ1) is 8.45. The molecule has 1 amide bonds. The maximum Gasteiger partial charge on any atom is 0.238 e. The summed E-state index contributed by atoms with van der Waals surface area (Å²) in [6.45, 7) is 7.16. The number of rotatable bonds is 2. The lowest BCUT2D eigenvalue weighted by Gasteiger charge is -2.39. The van der Waals surface area contributed by atoms with Crippen LogP contribution in [-0.2, 0) is 4.79 Å². The number of amides is 1. The Morgan fingerprint density at radius 3 is 2.67 bits per heavy atom. The van der Waals surface area contributed by atoms with E-state index >= 15 is 0 Å². The molecule has 1 aliphatic heterocycles. The quantitative estimate of drug-likeness (QED) is 0.804. The third kappa shape index (κ3) is 1.64. The SMILES string of the molecule is CC1(C)C2CCC1(C)C(NC(=O)C1CSCN1)C2. The summed E-state index contributed by atoms with van der Waals surface area (Å²) in [7, 11) is 0. The van der Waals surface area contributed by atoms with Crippen LogP contribution in [0.4, 0.5) is 0 Å². The molecule has 0 aromatic rings. The maximum absolute atomic E-state index is 12.2. The van der Waals surface area contributed by atoms with E-state index in [9.17, 15) is 4.79 Å². The predicted molar refractivity (Wildman–Crippen MR) is 75.4 cm³/mol. The summed E-state index contributed by atoms with van der Waals surface area (Å²) in [5.41, 5.74) is 0.669. The molecular formula is C14H24N2OS. The summed E-state index contributed by atoms with van der Waals surface area (Å²) >= 11 is 1.81. The fourth-order valence-electron chi connectivity index (χ4n) is 4.26. The molecule has 0 aromatic heterocycles. The highest BCUT2D eigenvalue weighted by molar-refractivity contribution is 7.99. The molecular weight excluding hydrogens is 244 g/mol. The first-order valence-electron chi connectivity index (χ1n) is 7.06. The van der Waals surface area contributed by atoms with Crippen molar-refractivity contribution in [2.45, 2.75) is 52.1 Å². The zero-order valence-electron chi connectivity index (χ0n) is 11.6. The van der Waals surface area contributed by atoms with Gasteiger partial charge >= 0.3 is 0 Å². The van der Waals surface area contributed by atoms with E-state index < -0.39 is 0 Å². The lowest BCUT2D eigenvalue weighted by Crippen LogP contribution is -2.52. The van der Waals surface area contributed by atoms with Crippen LogP contribution in [0.25, 0.3) is 0 Å². The molecule has 3 rings (SSSR count). The summed E-state index contributed by atoms with van der Waals surface area (Å²) in [6.07, 6.45) is 3.78. The van der Waals surface area contributed by atoms with Gasteiger partial charge in [0.05, 0.1) is 6.04 Å². The number of thioether (sulfide) groups is 1. The van der Waals surface area contributed by atoms with E-state index in [1.165, 1.54) is 19.3 Å². The number of nitrogens with one attached hydrogen (secondary N) is 2. The standard InChI is InChI=1S/C14H24N2OS/c1-13(2)9-4-5-14(13,3)11(6-9)16-12(17)10-7-18-8-15-10/h9-11,15H,4-8H2,1-3H3,(H,16,17). The van der Waals surface area contributed by atoms with E-state index in [0.29, 0.717) is 16.9 Å². The molecule has 0 radical (unpaired) electrons. The van der Waals surface area contributed by atoms with Gasteiger partial charge in [-0.25, -0.2) is 0 Å². The summed E-state index contributed by atoms with van der Waals surface area (Å²) in [5.74, 6) is 2.84. The zero-order chi connectivity index (χ0) is 13.0. The van der Waals surface area contributed by atoms with Crippen molar-refractivity contribution >= 4 is 17.7 Å². The fourth-order valence-corrected chi connectivity index (χ4v) is 5.20. The van der Waals surface area contributed by atoms with Gasteiger partial charge in [-0.2, -0.15) is 0 Å². The number of hydrogen-bond donors (Lipinski definition) is 2. The van der Waals surface area contributed by atoms with E-state index in [-0.39, 0.29) is 11.9 Å². The van der Waals surface area contributed by atoms with E-state index in [4.69, 9.17) is 0 Å². The van der Waals surface area contributed by atoms with Gasteiger partial charge in [0.2, 0.25) is 5.91 Å². The molecule has 4 unspecified atom stereocenters. The highest BCUT2D eigenvalue weighted by Crippen LogP contribution is 2.65. The lowest BCUT2D eigenvalue weighted by molar-refractivity contribution is -0.124. The molecule has 2 bridgehead atoms. The first-order valence-corrected chi connectivity index (χ1v) is 8.22. The van der Waals surface area contributed by atoms with Crippen LogP contribution in [0.5, 0.6) is 0 Å². The van der Waals surface area contributed by atoms with Crippen molar-refractivity contribution < 1.29 is 4.79 Å². The van der Waals surface area contributed by atoms with Crippen LogP contribution in [0.3, 0.4) is 0 Å². The minimum absolute atomic E-state index is 0.0286. The van der Waals surface area contributed by atoms with Gasteiger partial charge in [-0.05, 0) is 36.0 Å². The Kier molecular flexibility index (Phi) is 2.94. The number of carbonyl (C=O) groups excluding carboxylic acids is 1. The highest BCUT2D eigenvalue weighted by atomic mass is 32.2. The van der Waals surface area contributed by atoms with Gasteiger partial charge in [0.15, 0.2) is 0 Å².